The highest BCUT2D eigenvalue weighted by atomic mass is 32.2. The van der Waals surface area contributed by atoms with Crippen LogP contribution in [0, 0.1) is 0 Å². The molecule has 7 nitrogen and oxygen atoms in total. The molecular weight excluding hydrogens is 380 g/mol. The van der Waals surface area contributed by atoms with E-state index in [1.54, 1.807) is 6.08 Å². The second-order valence-corrected chi connectivity index (χ2v) is 6.93. The number of hydrogen-bond acceptors (Lipinski definition) is 7. The predicted molar refractivity (Wildman–Crippen MR) is 105 cm³/mol. The van der Waals surface area contributed by atoms with Crippen LogP contribution in [0.5, 0.6) is 11.8 Å². The molecule has 0 saturated carbocycles. The standard InChI is InChI=1S/C20H16N2O5S/c23-18-17(28-19(24)22-18)12-13-6-8-14(9-7-13)25-10-3-11-26-20-21-15-4-1-2-5-16(15)27-20/h1-2,4-9,12H,3,10-11H2,(H,22,23,24). The summed E-state index contributed by atoms with van der Waals surface area (Å²) < 4.78 is 16.7. The molecule has 2 amide bonds. The molecule has 28 heavy (non-hydrogen) atoms. The molecule has 0 spiro atoms. The van der Waals surface area contributed by atoms with Gasteiger partial charge in [0, 0.05) is 6.42 Å². The molecule has 142 valence electrons. The van der Waals surface area contributed by atoms with Crippen LogP contribution >= 0.6 is 11.8 Å². The third-order valence-electron chi connectivity index (χ3n) is 3.88. The number of oxazole rings is 1. The average Bonchev–Trinajstić information content (AvgIpc) is 3.24. The molecule has 3 aromatic rings. The van der Waals surface area contributed by atoms with Gasteiger partial charge in [-0.05, 0) is 47.7 Å². The first-order valence-electron chi connectivity index (χ1n) is 8.63. The van der Waals surface area contributed by atoms with Crippen LogP contribution in [0.3, 0.4) is 0 Å². The number of nitrogens with zero attached hydrogens (tertiary/aromatic N) is 1. The van der Waals surface area contributed by atoms with Crippen LogP contribution in [0.15, 0.2) is 57.9 Å². The number of rotatable bonds is 7. The molecule has 0 aliphatic carbocycles. The van der Waals surface area contributed by atoms with Gasteiger partial charge in [-0.25, -0.2) is 0 Å². The molecule has 2 heterocycles. The fourth-order valence-corrected chi connectivity index (χ4v) is 3.24. The zero-order chi connectivity index (χ0) is 19.3. The van der Waals surface area contributed by atoms with Crippen LogP contribution in [0.2, 0.25) is 0 Å². The van der Waals surface area contributed by atoms with E-state index in [-0.39, 0.29) is 17.2 Å². The smallest absolute Gasteiger partial charge is 0.394 e. The van der Waals surface area contributed by atoms with Crippen molar-refractivity contribution < 1.29 is 23.5 Å². The summed E-state index contributed by atoms with van der Waals surface area (Å²) in [6, 6.07) is 14.8. The summed E-state index contributed by atoms with van der Waals surface area (Å²) in [6.45, 7) is 0.908. The summed E-state index contributed by atoms with van der Waals surface area (Å²) >= 11 is 0.895. The Morgan fingerprint density at radius 3 is 2.57 bits per heavy atom. The fourth-order valence-electron chi connectivity index (χ4n) is 2.55. The Labute approximate surface area is 164 Å². The Hall–Kier alpha value is -3.26. The molecule has 1 N–H and O–H groups in total. The predicted octanol–water partition coefficient (Wildman–Crippen LogP) is 4.00. The van der Waals surface area contributed by atoms with Crippen molar-refractivity contribution in [3.05, 3.63) is 59.0 Å². The number of amides is 2. The van der Waals surface area contributed by atoms with E-state index in [9.17, 15) is 9.59 Å². The lowest BCUT2D eigenvalue weighted by Gasteiger charge is -2.06. The van der Waals surface area contributed by atoms with Crippen molar-refractivity contribution in [2.45, 2.75) is 6.42 Å². The molecular formula is C20H16N2O5S. The van der Waals surface area contributed by atoms with Crippen molar-refractivity contribution in [1.82, 2.24) is 10.3 Å². The number of fused-ring (bicyclic) bond motifs is 1. The van der Waals surface area contributed by atoms with Crippen LogP contribution in [0.1, 0.15) is 12.0 Å². The monoisotopic (exact) mass is 396 g/mol. The first kappa shape index (κ1) is 18.1. The maximum absolute atomic E-state index is 11.5. The minimum absolute atomic E-state index is 0.255. The van der Waals surface area contributed by atoms with E-state index >= 15 is 0 Å². The Bertz CT molecular complexity index is 1010. The zero-order valence-electron chi connectivity index (χ0n) is 14.7. The van der Waals surface area contributed by atoms with Gasteiger partial charge in [-0.15, -0.1) is 0 Å². The summed E-state index contributed by atoms with van der Waals surface area (Å²) in [6.07, 6.45) is 2.60. The highest BCUT2D eigenvalue weighted by Gasteiger charge is 2.24. The lowest BCUT2D eigenvalue weighted by Crippen LogP contribution is -2.17. The number of carbonyl (C=O) groups is 2. The highest BCUT2D eigenvalue weighted by Crippen LogP contribution is 2.26. The van der Waals surface area contributed by atoms with Gasteiger partial charge >= 0.3 is 6.08 Å². The van der Waals surface area contributed by atoms with Gasteiger partial charge < -0.3 is 13.9 Å². The first-order chi connectivity index (χ1) is 13.7. The summed E-state index contributed by atoms with van der Waals surface area (Å²) in [5, 5.41) is 1.88. The molecule has 1 aliphatic rings. The van der Waals surface area contributed by atoms with Crippen LogP contribution in [0.25, 0.3) is 17.2 Å². The first-order valence-corrected chi connectivity index (χ1v) is 9.45. The molecule has 1 saturated heterocycles. The van der Waals surface area contributed by atoms with Crippen molar-refractivity contribution in [3.8, 4) is 11.8 Å². The number of thioether (sulfide) groups is 1. The SMILES string of the molecule is O=C1NC(=O)C(=Cc2ccc(OCCCOc3nc4ccccc4o3)cc2)S1. The van der Waals surface area contributed by atoms with Gasteiger partial charge in [0.2, 0.25) is 0 Å². The fraction of sp³-hybridized carbons (Fsp3) is 0.150. The molecule has 1 fully saturated rings. The van der Waals surface area contributed by atoms with Gasteiger partial charge in [-0.3, -0.25) is 14.9 Å². The molecule has 0 bridgehead atoms. The summed E-state index contributed by atoms with van der Waals surface area (Å²) in [4.78, 5) is 27.3. The van der Waals surface area contributed by atoms with Gasteiger partial charge in [0.25, 0.3) is 11.1 Å². The molecule has 1 aromatic heterocycles. The Kier molecular flexibility index (Phi) is 5.29. The highest BCUT2D eigenvalue weighted by molar-refractivity contribution is 8.18. The Morgan fingerprint density at radius 1 is 1.04 bits per heavy atom. The van der Waals surface area contributed by atoms with Crippen LogP contribution in [0.4, 0.5) is 4.79 Å². The van der Waals surface area contributed by atoms with Crippen molar-refractivity contribution in [2.24, 2.45) is 0 Å². The van der Waals surface area contributed by atoms with Gasteiger partial charge in [0.15, 0.2) is 5.58 Å². The number of aromatic nitrogens is 1. The second-order valence-electron chi connectivity index (χ2n) is 5.92. The summed E-state index contributed by atoms with van der Waals surface area (Å²) in [5.41, 5.74) is 2.28. The van der Waals surface area contributed by atoms with Crippen LogP contribution < -0.4 is 14.8 Å². The van der Waals surface area contributed by atoms with Crippen molar-refractivity contribution in [1.29, 1.82) is 0 Å². The quantitative estimate of drug-likeness (QED) is 0.477. The number of nitrogens with one attached hydrogen (secondary N) is 1. The van der Waals surface area contributed by atoms with Crippen molar-refractivity contribution >= 4 is 40.1 Å². The van der Waals surface area contributed by atoms with E-state index in [0.717, 1.165) is 22.8 Å². The number of benzene rings is 2. The lowest BCUT2D eigenvalue weighted by atomic mass is 10.2. The summed E-state index contributed by atoms with van der Waals surface area (Å²) in [7, 11) is 0. The third-order valence-corrected chi connectivity index (χ3v) is 4.69. The maximum Gasteiger partial charge on any atom is 0.394 e. The van der Waals surface area contributed by atoms with E-state index < -0.39 is 0 Å². The normalized spacial score (nSPS) is 15.2. The average molecular weight is 396 g/mol. The summed E-state index contributed by atoms with van der Waals surface area (Å²) in [5.74, 6) is 0.345. The maximum atomic E-state index is 11.5. The van der Waals surface area contributed by atoms with Crippen LogP contribution in [-0.2, 0) is 4.79 Å². The van der Waals surface area contributed by atoms with Gasteiger partial charge in [-0.2, -0.15) is 4.98 Å². The number of para-hydroxylation sites is 2. The Balaban J connectivity index is 1.22. The number of imide groups is 1. The van der Waals surface area contributed by atoms with E-state index in [2.05, 4.69) is 10.3 Å². The number of hydrogen-bond donors (Lipinski definition) is 1. The number of carbonyl (C=O) groups excluding carboxylic acids is 2. The Morgan fingerprint density at radius 2 is 1.82 bits per heavy atom. The van der Waals surface area contributed by atoms with Gasteiger partial charge in [0.05, 0.1) is 18.1 Å². The van der Waals surface area contributed by atoms with Crippen LogP contribution in [-0.4, -0.2) is 29.3 Å². The zero-order valence-corrected chi connectivity index (χ0v) is 15.5. The van der Waals surface area contributed by atoms with E-state index in [0.29, 0.717) is 35.9 Å². The minimum Gasteiger partial charge on any atom is -0.493 e. The lowest BCUT2D eigenvalue weighted by molar-refractivity contribution is -0.115. The molecule has 0 atom stereocenters. The largest absolute Gasteiger partial charge is 0.493 e. The van der Waals surface area contributed by atoms with Gasteiger partial charge in [-0.1, -0.05) is 24.3 Å². The molecule has 4 rings (SSSR count). The molecule has 2 aromatic carbocycles. The minimum atomic E-state index is -0.366. The van der Waals surface area contributed by atoms with Crippen molar-refractivity contribution in [2.75, 3.05) is 13.2 Å². The second kappa shape index (κ2) is 8.18. The van der Waals surface area contributed by atoms with Crippen molar-refractivity contribution in [3.63, 3.8) is 0 Å². The molecule has 1 aliphatic heterocycles. The molecule has 0 radical (unpaired) electrons. The molecule has 0 unspecified atom stereocenters. The van der Waals surface area contributed by atoms with E-state index in [1.807, 2.05) is 48.5 Å². The number of ether oxygens (including phenoxy) is 2. The van der Waals surface area contributed by atoms with E-state index in [4.69, 9.17) is 13.9 Å². The molecule has 8 heteroatoms. The van der Waals surface area contributed by atoms with Gasteiger partial charge in [0.1, 0.15) is 11.3 Å². The topological polar surface area (TPSA) is 90.7 Å². The third kappa shape index (κ3) is 4.34. The van der Waals surface area contributed by atoms with E-state index in [1.165, 1.54) is 0 Å².